The van der Waals surface area contributed by atoms with Crippen molar-refractivity contribution in [1.82, 2.24) is 19.1 Å². The molecule has 5 rings (SSSR count). The maximum atomic E-state index is 12.8. The predicted octanol–water partition coefficient (Wildman–Crippen LogP) is 4.39. The molecule has 0 amide bonds. The SMILES string of the molecule is COc1cccc(-c2cc(=O)n(C)c3ccc([C@H](c4ccc(C#N)cc4)c4cncn4C)cc23)n1. The van der Waals surface area contributed by atoms with Gasteiger partial charge in [0.2, 0.25) is 5.88 Å². The molecule has 5 aromatic rings. The molecule has 3 heterocycles. The quantitative estimate of drug-likeness (QED) is 0.387. The topological polar surface area (TPSA) is 85.7 Å². The van der Waals surface area contributed by atoms with Crippen LogP contribution in [0.1, 0.15) is 28.3 Å². The van der Waals surface area contributed by atoms with Crippen molar-refractivity contribution in [3.8, 4) is 23.2 Å². The normalized spacial score (nSPS) is 11.8. The Morgan fingerprint density at radius 2 is 1.77 bits per heavy atom. The van der Waals surface area contributed by atoms with Crippen LogP contribution in [0.3, 0.4) is 0 Å². The van der Waals surface area contributed by atoms with Crippen molar-refractivity contribution < 1.29 is 4.74 Å². The predicted molar refractivity (Wildman–Crippen MR) is 134 cm³/mol. The second-order valence-corrected chi connectivity index (χ2v) is 8.39. The van der Waals surface area contributed by atoms with Gasteiger partial charge in [-0.1, -0.05) is 24.3 Å². The summed E-state index contributed by atoms with van der Waals surface area (Å²) >= 11 is 0. The largest absolute Gasteiger partial charge is 0.481 e. The molecule has 7 heteroatoms. The van der Waals surface area contributed by atoms with Gasteiger partial charge in [0.1, 0.15) is 0 Å². The molecule has 7 nitrogen and oxygen atoms in total. The number of aryl methyl sites for hydroxylation is 2. The minimum Gasteiger partial charge on any atom is -0.481 e. The van der Waals surface area contributed by atoms with Crippen LogP contribution in [0.15, 0.2) is 84.0 Å². The average molecular weight is 462 g/mol. The number of ether oxygens (including phenoxy) is 1. The fourth-order valence-electron chi connectivity index (χ4n) is 4.48. The van der Waals surface area contributed by atoms with Crippen molar-refractivity contribution in [2.75, 3.05) is 7.11 Å². The van der Waals surface area contributed by atoms with Gasteiger partial charge in [-0.2, -0.15) is 5.26 Å². The van der Waals surface area contributed by atoms with Gasteiger partial charge in [-0.15, -0.1) is 0 Å². The van der Waals surface area contributed by atoms with E-state index in [9.17, 15) is 10.1 Å². The monoisotopic (exact) mass is 461 g/mol. The number of methoxy groups -OCH3 is 1. The van der Waals surface area contributed by atoms with Gasteiger partial charge < -0.3 is 13.9 Å². The number of hydrogen-bond acceptors (Lipinski definition) is 5. The molecule has 0 saturated heterocycles. The smallest absolute Gasteiger partial charge is 0.251 e. The zero-order valence-corrected chi connectivity index (χ0v) is 19.6. The van der Waals surface area contributed by atoms with Gasteiger partial charge in [0, 0.05) is 49.1 Å². The number of fused-ring (bicyclic) bond motifs is 1. The fourth-order valence-corrected chi connectivity index (χ4v) is 4.48. The molecule has 172 valence electrons. The van der Waals surface area contributed by atoms with E-state index in [4.69, 9.17) is 4.74 Å². The summed E-state index contributed by atoms with van der Waals surface area (Å²) in [4.78, 5) is 21.7. The molecule has 1 atom stereocenters. The van der Waals surface area contributed by atoms with Crippen LogP contribution >= 0.6 is 0 Å². The Hall–Kier alpha value is -4.70. The highest BCUT2D eigenvalue weighted by molar-refractivity contribution is 5.94. The lowest BCUT2D eigenvalue weighted by molar-refractivity contribution is 0.398. The van der Waals surface area contributed by atoms with Gasteiger partial charge in [-0.25, -0.2) is 9.97 Å². The maximum absolute atomic E-state index is 12.8. The van der Waals surface area contributed by atoms with Crippen molar-refractivity contribution in [2.45, 2.75) is 5.92 Å². The summed E-state index contributed by atoms with van der Waals surface area (Å²) in [6.45, 7) is 0. The molecule has 0 aliphatic carbocycles. The Kier molecular flexibility index (Phi) is 5.63. The molecular weight excluding hydrogens is 438 g/mol. The number of hydrogen-bond donors (Lipinski definition) is 0. The summed E-state index contributed by atoms with van der Waals surface area (Å²) in [6.07, 6.45) is 3.64. The van der Waals surface area contributed by atoms with Crippen LogP contribution in [0.4, 0.5) is 0 Å². The molecular formula is C28H23N5O2. The third-order valence-electron chi connectivity index (χ3n) is 6.34. The van der Waals surface area contributed by atoms with Crippen LogP contribution < -0.4 is 10.3 Å². The van der Waals surface area contributed by atoms with E-state index in [2.05, 4.69) is 22.1 Å². The van der Waals surface area contributed by atoms with Gasteiger partial charge in [0.25, 0.3) is 5.56 Å². The number of nitrogens with zero attached hydrogens (tertiary/aromatic N) is 5. The zero-order chi connectivity index (χ0) is 24.5. The third-order valence-corrected chi connectivity index (χ3v) is 6.34. The summed E-state index contributed by atoms with van der Waals surface area (Å²) in [5.41, 5.74) is 5.81. The van der Waals surface area contributed by atoms with E-state index in [0.717, 1.165) is 33.3 Å². The number of nitriles is 1. The van der Waals surface area contributed by atoms with Crippen LogP contribution in [-0.2, 0) is 14.1 Å². The van der Waals surface area contributed by atoms with Crippen LogP contribution in [-0.4, -0.2) is 26.2 Å². The van der Waals surface area contributed by atoms with Crippen molar-refractivity contribution in [3.05, 3.63) is 112 Å². The van der Waals surface area contributed by atoms with E-state index in [1.54, 1.807) is 37.2 Å². The second kappa shape index (κ2) is 8.92. The molecule has 35 heavy (non-hydrogen) atoms. The summed E-state index contributed by atoms with van der Waals surface area (Å²) < 4.78 is 8.96. The molecule has 2 aromatic carbocycles. The lowest BCUT2D eigenvalue weighted by Crippen LogP contribution is -2.17. The molecule has 0 spiro atoms. The first-order valence-electron chi connectivity index (χ1n) is 11.1. The molecule has 3 aromatic heterocycles. The van der Waals surface area contributed by atoms with Crippen molar-refractivity contribution >= 4 is 10.9 Å². The lowest BCUT2D eigenvalue weighted by atomic mass is 9.87. The number of pyridine rings is 2. The van der Waals surface area contributed by atoms with Gasteiger partial charge in [-0.05, 0) is 41.5 Å². The summed E-state index contributed by atoms with van der Waals surface area (Å²) in [5, 5.41) is 10.2. The number of rotatable bonds is 5. The average Bonchev–Trinajstić information content (AvgIpc) is 3.32. The standard InChI is InChI=1S/C28H23N5O2/c1-32-17-30-16-25(32)28(19-9-7-18(15-29)8-10-19)20-11-12-24-22(13-20)21(14-27(34)33(24)2)23-5-4-6-26(31-23)35-3/h4-14,16-17,28H,1-3H3/t28-/m0/s1. The van der Waals surface area contributed by atoms with E-state index >= 15 is 0 Å². The van der Waals surface area contributed by atoms with E-state index < -0.39 is 0 Å². The molecule has 0 saturated carbocycles. The Labute approximate surface area is 202 Å². The maximum Gasteiger partial charge on any atom is 0.251 e. The van der Waals surface area contributed by atoms with E-state index in [1.807, 2.05) is 66.3 Å². The van der Waals surface area contributed by atoms with Crippen LogP contribution in [0, 0.1) is 11.3 Å². The molecule has 0 radical (unpaired) electrons. The second-order valence-electron chi connectivity index (χ2n) is 8.39. The Bertz CT molecular complexity index is 1640. The molecule has 0 fully saturated rings. The van der Waals surface area contributed by atoms with Crippen molar-refractivity contribution in [3.63, 3.8) is 0 Å². The molecule has 0 aliphatic rings. The van der Waals surface area contributed by atoms with Crippen molar-refractivity contribution in [1.29, 1.82) is 5.26 Å². The minimum atomic E-state index is -0.122. The first-order valence-corrected chi connectivity index (χ1v) is 11.1. The van der Waals surface area contributed by atoms with Crippen LogP contribution in [0.5, 0.6) is 5.88 Å². The first kappa shape index (κ1) is 22.1. The lowest BCUT2D eigenvalue weighted by Gasteiger charge is -2.20. The molecule has 0 bridgehead atoms. The minimum absolute atomic E-state index is 0.111. The Balaban J connectivity index is 1.77. The summed E-state index contributed by atoms with van der Waals surface area (Å²) in [5.74, 6) is 0.362. The van der Waals surface area contributed by atoms with Gasteiger partial charge in [-0.3, -0.25) is 4.79 Å². The zero-order valence-electron chi connectivity index (χ0n) is 19.6. The molecule has 0 N–H and O–H groups in total. The third kappa shape index (κ3) is 3.96. The van der Waals surface area contributed by atoms with Crippen LogP contribution in [0.25, 0.3) is 22.2 Å². The number of benzene rings is 2. The highest BCUT2D eigenvalue weighted by Gasteiger charge is 2.21. The number of aromatic nitrogens is 4. The van der Waals surface area contributed by atoms with Gasteiger partial charge in [0.05, 0.1) is 42.2 Å². The van der Waals surface area contributed by atoms with E-state index in [0.29, 0.717) is 17.1 Å². The van der Waals surface area contributed by atoms with E-state index in [-0.39, 0.29) is 11.5 Å². The Morgan fingerprint density at radius 3 is 2.46 bits per heavy atom. The Morgan fingerprint density at radius 1 is 1.00 bits per heavy atom. The highest BCUT2D eigenvalue weighted by Crippen LogP contribution is 2.35. The molecule has 0 unspecified atom stereocenters. The highest BCUT2D eigenvalue weighted by atomic mass is 16.5. The summed E-state index contributed by atoms with van der Waals surface area (Å²) in [6, 6.07) is 23.1. The van der Waals surface area contributed by atoms with Crippen molar-refractivity contribution in [2.24, 2.45) is 14.1 Å². The van der Waals surface area contributed by atoms with Gasteiger partial charge in [0.15, 0.2) is 0 Å². The fraction of sp³-hybridized carbons (Fsp3) is 0.143. The first-order chi connectivity index (χ1) is 17.0. The van der Waals surface area contributed by atoms with Crippen LogP contribution in [0.2, 0.25) is 0 Å². The van der Waals surface area contributed by atoms with Gasteiger partial charge >= 0.3 is 0 Å². The van der Waals surface area contributed by atoms with E-state index in [1.165, 1.54) is 0 Å². The number of imidazole rings is 1. The summed E-state index contributed by atoms with van der Waals surface area (Å²) in [7, 11) is 5.31. The molecule has 0 aliphatic heterocycles.